The van der Waals surface area contributed by atoms with E-state index in [-0.39, 0.29) is 0 Å². The Balaban J connectivity index is 1.86. The van der Waals surface area contributed by atoms with Crippen molar-refractivity contribution in [2.75, 3.05) is 27.3 Å². The minimum absolute atomic E-state index is 0.564. The standard InChI is InChI=1S/C18H23NO4/c1-22-15-8-7-12(9-16(15)23-2)17(18(20)21)19-10-13-5-3-4-6-14(13)11-19/h3-4,7-9,13-14,17H,5-6,10-11H2,1-2H3,(H,20,21)/t13-,14+,17?. The van der Waals surface area contributed by atoms with Crippen LogP contribution in [0.2, 0.25) is 0 Å². The number of methoxy groups -OCH3 is 2. The van der Waals surface area contributed by atoms with Crippen molar-refractivity contribution in [2.24, 2.45) is 11.8 Å². The zero-order chi connectivity index (χ0) is 16.4. The van der Waals surface area contributed by atoms with Crippen LogP contribution in [0.1, 0.15) is 24.4 Å². The Hall–Kier alpha value is -2.01. The topological polar surface area (TPSA) is 59.0 Å². The Morgan fingerprint density at radius 1 is 1.13 bits per heavy atom. The molecule has 0 amide bonds. The van der Waals surface area contributed by atoms with Gasteiger partial charge in [-0.1, -0.05) is 18.2 Å². The van der Waals surface area contributed by atoms with Gasteiger partial charge < -0.3 is 14.6 Å². The van der Waals surface area contributed by atoms with E-state index in [9.17, 15) is 9.90 Å². The number of ether oxygens (including phenoxy) is 2. The monoisotopic (exact) mass is 317 g/mol. The first-order valence-electron chi connectivity index (χ1n) is 7.97. The van der Waals surface area contributed by atoms with Gasteiger partial charge in [0.25, 0.3) is 0 Å². The summed E-state index contributed by atoms with van der Waals surface area (Å²) in [6.45, 7) is 1.67. The second-order valence-electron chi connectivity index (χ2n) is 6.27. The highest BCUT2D eigenvalue weighted by molar-refractivity contribution is 5.76. The lowest BCUT2D eigenvalue weighted by Crippen LogP contribution is -2.32. The van der Waals surface area contributed by atoms with Crippen molar-refractivity contribution in [1.82, 2.24) is 4.90 Å². The number of carboxylic acids is 1. The van der Waals surface area contributed by atoms with Crippen LogP contribution in [0.4, 0.5) is 0 Å². The third kappa shape index (κ3) is 3.06. The zero-order valence-electron chi connectivity index (χ0n) is 13.6. The number of aliphatic carboxylic acids is 1. The number of likely N-dealkylation sites (tertiary alicyclic amines) is 1. The number of carboxylic acid groups (broad SMARTS) is 1. The van der Waals surface area contributed by atoms with Gasteiger partial charge in [-0.05, 0) is 42.4 Å². The Bertz CT molecular complexity index is 597. The molecule has 1 heterocycles. The molecule has 124 valence electrons. The van der Waals surface area contributed by atoms with E-state index in [0.717, 1.165) is 31.5 Å². The van der Waals surface area contributed by atoms with Crippen molar-refractivity contribution in [3.63, 3.8) is 0 Å². The Morgan fingerprint density at radius 3 is 2.26 bits per heavy atom. The molecule has 1 aliphatic carbocycles. The smallest absolute Gasteiger partial charge is 0.325 e. The fourth-order valence-corrected chi connectivity index (χ4v) is 3.79. The first kappa shape index (κ1) is 15.9. The van der Waals surface area contributed by atoms with E-state index in [4.69, 9.17) is 9.47 Å². The first-order chi connectivity index (χ1) is 11.1. The number of rotatable bonds is 5. The van der Waals surface area contributed by atoms with Crippen LogP contribution >= 0.6 is 0 Å². The molecule has 2 aliphatic rings. The van der Waals surface area contributed by atoms with Gasteiger partial charge in [0.1, 0.15) is 6.04 Å². The fourth-order valence-electron chi connectivity index (χ4n) is 3.79. The molecule has 5 heteroatoms. The minimum Gasteiger partial charge on any atom is -0.493 e. The van der Waals surface area contributed by atoms with Crippen molar-refractivity contribution in [1.29, 1.82) is 0 Å². The van der Waals surface area contributed by atoms with Gasteiger partial charge in [-0.2, -0.15) is 0 Å². The van der Waals surface area contributed by atoms with Crippen LogP contribution in [0.25, 0.3) is 0 Å². The largest absolute Gasteiger partial charge is 0.493 e. The fraction of sp³-hybridized carbons (Fsp3) is 0.500. The maximum absolute atomic E-state index is 11.9. The maximum Gasteiger partial charge on any atom is 0.325 e. The number of fused-ring (bicyclic) bond motifs is 1. The average Bonchev–Trinajstić information content (AvgIpc) is 2.97. The highest BCUT2D eigenvalue weighted by atomic mass is 16.5. The lowest BCUT2D eigenvalue weighted by atomic mass is 9.86. The number of hydrogen-bond donors (Lipinski definition) is 1. The number of allylic oxidation sites excluding steroid dienone is 2. The maximum atomic E-state index is 11.9. The van der Waals surface area contributed by atoms with Gasteiger partial charge in [0, 0.05) is 13.1 Å². The Morgan fingerprint density at radius 2 is 1.74 bits per heavy atom. The molecular formula is C18H23NO4. The molecule has 0 radical (unpaired) electrons. The molecule has 1 N–H and O–H groups in total. The zero-order valence-corrected chi connectivity index (χ0v) is 13.6. The summed E-state index contributed by atoms with van der Waals surface area (Å²) in [4.78, 5) is 14.0. The second-order valence-corrected chi connectivity index (χ2v) is 6.27. The van der Waals surface area contributed by atoms with Crippen LogP contribution in [0, 0.1) is 11.8 Å². The number of carbonyl (C=O) groups is 1. The third-order valence-electron chi connectivity index (χ3n) is 4.97. The van der Waals surface area contributed by atoms with Crippen LogP contribution in [-0.4, -0.2) is 43.3 Å². The first-order valence-corrected chi connectivity index (χ1v) is 7.97. The lowest BCUT2D eigenvalue weighted by molar-refractivity contribution is -0.143. The summed E-state index contributed by atoms with van der Waals surface area (Å²) in [5.74, 6) is 1.50. The van der Waals surface area contributed by atoms with E-state index in [2.05, 4.69) is 17.1 Å². The molecule has 3 rings (SSSR count). The molecular weight excluding hydrogens is 294 g/mol. The molecule has 0 saturated carbocycles. The van der Waals surface area contributed by atoms with Crippen LogP contribution in [0.5, 0.6) is 11.5 Å². The number of hydrogen-bond acceptors (Lipinski definition) is 4. The number of nitrogens with zero attached hydrogens (tertiary/aromatic N) is 1. The molecule has 1 aromatic rings. The van der Waals surface area contributed by atoms with E-state index < -0.39 is 12.0 Å². The van der Waals surface area contributed by atoms with Crippen molar-refractivity contribution >= 4 is 5.97 Å². The molecule has 1 aliphatic heterocycles. The number of benzene rings is 1. The Kier molecular flexibility index (Phi) is 4.57. The van der Waals surface area contributed by atoms with Gasteiger partial charge in [0.05, 0.1) is 14.2 Å². The van der Waals surface area contributed by atoms with Gasteiger partial charge in [-0.3, -0.25) is 9.69 Å². The van der Waals surface area contributed by atoms with Crippen LogP contribution in [0.3, 0.4) is 0 Å². The average molecular weight is 317 g/mol. The van der Waals surface area contributed by atoms with Crippen molar-refractivity contribution < 1.29 is 19.4 Å². The van der Waals surface area contributed by atoms with Gasteiger partial charge in [0.2, 0.25) is 0 Å². The van der Waals surface area contributed by atoms with Crippen LogP contribution in [0.15, 0.2) is 30.4 Å². The van der Waals surface area contributed by atoms with Gasteiger partial charge in [0.15, 0.2) is 11.5 Å². The summed E-state index contributed by atoms with van der Waals surface area (Å²) in [5.41, 5.74) is 0.738. The summed E-state index contributed by atoms with van der Waals surface area (Å²) in [7, 11) is 3.14. The predicted octanol–water partition coefficient (Wildman–Crippen LogP) is 2.73. The molecule has 1 aromatic carbocycles. The van der Waals surface area contributed by atoms with E-state index in [0.29, 0.717) is 23.3 Å². The normalized spacial score (nSPS) is 25.0. The second kappa shape index (κ2) is 6.62. The quantitative estimate of drug-likeness (QED) is 0.846. The van der Waals surface area contributed by atoms with Crippen molar-refractivity contribution in [3.05, 3.63) is 35.9 Å². The molecule has 1 fully saturated rings. The molecule has 0 bridgehead atoms. The summed E-state index contributed by atoms with van der Waals surface area (Å²) in [6, 6.07) is 4.73. The summed E-state index contributed by atoms with van der Waals surface area (Å²) in [6.07, 6.45) is 6.55. The van der Waals surface area contributed by atoms with E-state index >= 15 is 0 Å². The molecule has 5 nitrogen and oxygen atoms in total. The van der Waals surface area contributed by atoms with Gasteiger partial charge >= 0.3 is 5.97 Å². The summed E-state index contributed by atoms with van der Waals surface area (Å²) in [5, 5.41) is 9.78. The van der Waals surface area contributed by atoms with Crippen LogP contribution in [-0.2, 0) is 4.79 Å². The molecule has 0 aromatic heterocycles. The highest BCUT2D eigenvalue weighted by Crippen LogP contribution is 2.39. The lowest BCUT2D eigenvalue weighted by Gasteiger charge is -2.25. The van der Waals surface area contributed by atoms with E-state index in [1.165, 1.54) is 0 Å². The minimum atomic E-state index is -0.816. The molecule has 0 spiro atoms. The predicted molar refractivity (Wildman–Crippen MR) is 86.8 cm³/mol. The molecule has 3 atom stereocenters. The van der Waals surface area contributed by atoms with Gasteiger partial charge in [-0.15, -0.1) is 0 Å². The van der Waals surface area contributed by atoms with Crippen molar-refractivity contribution in [3.8, 4) is 11.5 Å². The van der Waals surface area contributed by atoms with Crippen LogP contribution < -0.4 is 9.47 Å². The Labute approximate surface area is 136 Å². The molecule has 23 heavy (non-hydrogen) atoms. The summed E-state index contributed by atoms with van der Waals surface area (Å²) >= 11 is 0. The highest BCUT2D eigenvalue weighted by Gasteiger charge is 2.39. The van der Waals surface area contributed by atoms with Crippen molar-refractivity contribution in [2.45, 2.75) is 18.9 Å². The SMILES string of the molecule is COc1ccc(C(C(=O)O)N2C[C@H]3CC=CC[C@H]3C2)cc1OC. The van der Waals surface area contributed by atoms with E-state index in [1.807, 2.05) is 6.07 Å². The van der Waals surface area contributed by atoms with E-state index in [1.54, 1.807) is 26.4 Å². The molecule has 1 saturated heterocycles. The van der Waals surface area contributed by atoms with Gasteiger partial charge in [-0.25, -0.2) is 0 Å². The molecule has 1 unspecified atom stereocenters. The summed E-state index contributed by atoms with van der Waals surface area (Å²) < 4.78 is 10.6. The third-order valence-corrected chi connectivity index (χ3v) is 4.97.